The first kappa shape index (κ1) is 19.7. The predicted octanol–water partition coefficient (Wildman–Crippen LogP) is 4.68. The number of urea groups is 1. The van der Waals surface area contributed by atoms with E-state index in [1.165, 1.54) is 17.4 Å². The Balaban J connectivity index is 1.88. The van der Waals surface area contributed by atoms with Crippen LogP contribution in [0.5, 0.6) is 11.5 Å². The third-order valence-corrected chi connectivity index (χ3v) is 5.52. The predicted molar refractivity (Wildman–Crippen MR) is 114 cm³/mol. The van der Waals surface area contributed by atoms with Crippen LogP contribution in [-0.2, 0) is 0 Å². The van der Waals surface area contributed by atoms with Crippen LogP contribution in [0.15, 0.2) is 63.7 Å². The molecule has 0 saturated carbocycles. The van der Waals surface area contributed by atoms with Gasteiger partial charge in [-0.05, 0) is 58.3 Å². The number of benzene rings is 1. The number of ether oxygens (including phenoxy) is 1. The molecule has 152 valence electrons. The van der Waals surface area contributed by atoms with E-state index in [2.05, 4.69) is 20.5 Å². The summed E-state index contributed by atoms with van der Waals surface area (Å²) in [6.45, 7) is 2.06. The van der Waals surface area contributed by atoms with E-state index < -0.39 is 12.1 Å². The lowest BCUT2D eigenvalue weighted by Gasteiger charge is -2.32. The summed E-state index contributed by atoms with van der Waals surface area (Å²) in [7, 11) is 0. The molecule has 0 radical (unpaired) electrons. The van der Waals surface area contributed by atoms with Gasteiger partial charge in [0.2, 0.25) is 0 Å². The molecule has 0 fully saturated rings. The minimum Gasteiger partial charge on any atom is -0.503 e. The van der Waals surface area contributed by atoms with Crippen LogP contribution < -0.4 is 10.1 Å². The second kappa shape index (κ2) is 8.42. The molecule has 0 spiro atoms. The Hall–Kier alpha value is -3.59. The fourth-order valence-electron chi connectivity index (χ4n) is 3.55. The highest BCUT2D eigenvalue weighted by atomic mass is 32.1. The van der Waals surface area contributed by atoms with E-state index in [9.17, 15) is 14.8 Å². The van der Waals surface area contributed by atoms with Crippen LogP contribution in [0.4, 0.5) is 10.5 Å². The van der Waals surface area contributed by atoms with Gasteiger partial charge in [0, 0.05) is 18.0 Å². The number of nitrogens with one attached hydrogen (secondary N) is 1. The molecule has 1 aromatic carbocycles. The molecule has 1 aliphatic heterocycles. The lowest BCUT2D eigenvalue weighted by Crippen LogP contribution is -2.39. The number of carbonyl (C=O) groups is 1. The zero-order chi connectivity index (χ0) is 21.1. The number of aliphatic imine (C=N–C) groups is 1. The number of pyridine rings is 1. The summed E-state index contributed by atoms with van der Waals surface area (Å²) < 4.78 is 5.48. The number of rotatable bonds is 6. The van der Waals surface area contributed by atoms with Crippen molar-refractivity contribution in [2.75, 3.05) is 6.61 Å². The fourth-order valence-corrected chi connectivity index (χ4v) is 4.25. The number of phenols is 1. The number of hydrogen-bond acceptors (Lipinski definition) is 7. The van der Waals surface area contributed by atoms with Gasteiger partial charge in [-0.2, -0.15) is 16.3 Å². The molecule has 4 rings (SSSR count). The summed E-state index contributed by atoms with van der Waals surface area (Å²) >= 11 is 1.53. The van der Waals surface area contributed by atoms with Crippen LogP contribution in [0.3, 0.4) is 0 Å². The van der Waals surface area contributed by atoms with Crippen molar-refractivity contribution in [2.45, 2.75) is 18.9 Å². The van der Waals surface area contributed by atoms with Crippen molar-refractivity contribution in [3.63, 3.8) is 0 Å². The number of phenolic OH excluding ortho intramolecular Hbond substituents is 1. The number of nitroso groups, excluding NO2 is 1. The summed E-state index contributed by atoms with van der Waals surface area (Å²) in [5.74, 6) is -0.531. The van der Waals surface area contributed by atoms with Crippen LogP contribution in [0, 0.1) is 4.91 Å². The van der Waals surface area contributed by atoms with Crippen molar-refractivity contribution < 1.29 is 14.6 Å². The zero-order valence-electron chi connectivity index (χ0n) is 16.0. The zero-order valence-corrected chi connectivity index (χ0v) is 16.8. The molecule has 2 atom stereocenters. The van der Waals surface area contributed by atoms with Gasteiger partial charge in [-0.15, -0.1) is 4.91 Å². The fraction of sp³-hybridized carbons (Fsp3) is 0.190. The third-order valence-electron chi connectivity index (χ3n) is 4.82. The molecule has 0 aliphatic carbocycles. The van der Waals surface area contributed by atoms with E-state index in [0.717, 1.165) is 11.1 Å². The van der Waals surface area contributed by atoms with E-state index in [0.29, 0.717) is 17.9 Å². The Morgan fingerprint density at radius 1 is 1.30 bits per heavy atom. The van der Waals surface area contributed by atoms with Gasteiger partial charge >= 0.3 is 6.03 Å². The van der Waals surface area contributed by atoms with Crippen LogP contribution in [-0.4, -0.2) is 28.4 Å². The van der Waals surface area contributed by atoms with Crippen molar-refractivity contribution >= 4 is 28.8 Å². The molecule has 8 nitrogen and oxygen atoms in total. The molecule has 30 heavy (non-hydrogen) atoms. The Morgan fingerprint density at radius 3 is 2.83 bits per heavy atom. The summed E-state index contributed by atoms with van der Waals surface area (Å²) in [6, 6.07) is 7.62. The summed E-state index contributed by atoms with van der Waals surface area (Å²) in [5, 5.41) is 20.0. The smallest absolute Gasteiger partial charge is 0.341 e. The van der Waals surface area contributed by atoms with E-state index in [1.54, 1.807) is 31.5 Å². The molecule has 2 unspecified atom stereocenters. The number of nitrogens with zero attached hydrogens (tertiary/aromatic N) is 3. The normalized spacial score (nSPS) is 18.4. The number of aromatic nitrogens is 1. The van der Waals surface area contributed by atoms with Gasteiger partial charge in [0.1, 0.15) is 0 Å². The van der Waals surface area contributed by atoms with Crippen molar-refractivity contribution in [3.8, 4) is 11.5 Å². The van der Waals surface area contributed by atoms with Crippen molar-refractivity contribution in [1.29, 1.82) is 0 Å². The molecular formula is C21H18N4O4S. The standard InChI is InChI=1S/C21H18N4O4S/c1-2-29-16-9-14(8-15(25-28)20(16)26)19-17(13-5-7-30-11-13)18(23-21(27)24-19)12-4-3-6-22-10-12/h3-11,17,19,26H,2H2,1H3,(H,24,27). The molecule has 2 amide bonds. The Morgan fingerprint density at radius 2 is 2.17 bits per heavy atom. The molecule has 2 aromatic heterocycles. The Labute approximate surface area is 176 Å². The average molecular weight is 422 g/mol. The van der Waals surface area contributed by atoms with Crippen molar-refractivity contribution in [1.82, 2.24) is 10.3 Å². The maximum Gasteiger partial charge on any atom is 0.341 e. The van der Waals surface area contributed by atoms with Crippen LogP contribution in [0.1, 0.15) is 35.6 Å². The topological polar surface area (TPSA) is 113 Å². The van der Waals surface area contributed by atoms with Gasteiger partial charge in [-0.1, -0.05) is 6.07 Å². The SMILES string of the molecule is CCOc1cc(C2NC(=O)N=C(c3cccnc3)C2c2ccsc2)cc(N=O)c1O. The van der Waals surface area contributed by atoms with Gasteiger partial charge in [-0.3, -0.25) is 4.98 Å². The van der Waals surface area contributed by atoms with Gasteiger partial charge < -0.3 is 15.2 Å². The lowest BCUT2D eigenvalue weighted by atomic mass is 9.81. The highest BCUT2D eigenvalue weighted by molar-refractivity contribution is 7.08. The Kier molecular flexibility index (Phi) is 5.53. The van der Waals surface area contributed by atoms with E-state index >= 15 is 0 Å². The molecule has 3 heterocycles. The second-order valence-electron chi connectivity index (χ2n) is 6.61. The first-order valence-corrected chi connectivity index (χ1v) is 10.2. The molecule has 0 saturated heterocycles. The molecule has 0 bridgehead atoms. The van der Waals surface area contributed by atoms with Crippen LogP contribution in [0.25, 0.3) is 0 Å². The lowest BCUT2D eigenvalue weighted by molar-refractivity contribution is 0.243. The van der Waals surface area contributed by atoms with Crippen molar-refractivity contribution in [2.24, 2.45) is 10.2 Å². The number of thiophene rings is 1. The number of carbonyl (C=O) groups excluding carboxylic acids is 1. The molecule has 1 aliphatic rings. The van der Waals surface area contributed by atoms with Gasteiger partial charge in [-0.25, -0.2) is 4.79 Å². The highest BCUT2D eigenvalue weighted by Gasteiger charge is 2.36. The van der Waals surface area contributed by atoms with Crippen LogP contribution in [0.2, 0.25) is 0 Å². The quantitative estimate of drug-likeness (QED) is 0.560. The van der Waals surface area contributed by atoms with Gasteiger partial charge in [0.15, 0.2) is 17.2 Å². The minimum absolute atomic E-state index is 0.133. The first-order valence-electron chi connectivity index (χ1n) is 9.27. The first-order chi connectivity index (χ1) is 14.6. The monoisotopic (exact) mass is 422 g/mol. The van der Waals surface area contributed by atoms with Gasteiger partial charge in [0.25, 0.3) is 0 Å². The summed E-state index contributed by atoms with van der Waals surface area (Å²) in [5.41, 5.74) is 2.68. The molecule has 9 heteroatoms. The maximum absolute atomic E-state index is 12.5. The Bertz CT molecular complexity index is 1100. The number of aromatic hydroxyl groups is 1. The summed E-state index contributed by atoms with van der Waals surface area (Å²) in [6.07, 6.45) is 3.31. The third kappa shape index (κ3) is 3.67. The number of hydrogen-bond donors (Lipinski definition) is 2. The van der Waals surface area contributed by atoms with Crippen molar-refractivity contribution in [3.05, 3.63) is 75.1 Å². The minimum atomic E-state index is -0.555. The largest absolute Gasteiger partial charge is 0.503 e. The van der Waals surface area contributed by atoms with E-state index in [4.69, 9.17) is 4.74 Å². The molecule has 2 N–H and O–H groups in total. The van der Waals surface area contributed by atoms with E-state index in [-0.39, 0.29) is 23.1 Å². The summed E-state index contributed by atoms with van der Waals surface area (Å²) in [4.78, 5) is 32.2. The number of amides is 2. The average Bonchev–Trinajstić information content (AvgIpc) is 3.30. The van der Waals surface area contributed by atoms with Gasteiger partial charge in [0.05, 0.1) is 24.3 Å². The maximum atomic E-state index is 12.5. The second-order valence-corrected chi connectivity index (χ2v) is 7.39. The highest BCUT2D eigenvalue weighted by Crippen LogP contribution is 2.44. The molecule has 3 aromatic rings. The molecular weight excluding hydrogens is 404 g/mol. The van der Waals surface area contributed by atoms with E-state index in [1.807, 2.05) is 22.9 Å². The van der Waals surface area contributed by atoms with Crippen LogP contribution >= 0.6 is 11.3 Å².